The molecular weight excluding hydrogens is 449 g/mol. The van der Waals surface area contributed by atoms with Gasteiger partial charge in [-0.3, -0.25) is 9.59 Å². The fourth-order valence-electron chi connectivity index (χ4n) is 3.24. The number of fused-ring (bicyclic) bond motifs is 1. The van der Waals surface area contributed by atoms with E-state index >= 15 is 0 Å². The third kappa shape index (κ3) is 5.93. The second kappa shape index (κ2) is 10.2. The maximum Gasteiger partial charge on any atom is 0.243 e. The number of hydrogen-bond acceptors (Lipinski definition) is 5. The number of anilines is 3. The topological polar surface area (TPSA) is 88.7 Å². The average Bonchev–Trinajstić information content (AvgIpc) is 2.80. The summed E-state index contributed by atoms with van der Waals surface area (Å²) >= 11 is 6.21. The zero-order chi connectivity index (χ0) is 23.2. The first-order valence-corrected chi connectivity index (χ1v) is 10.6. The molecule has 0 spiro atoms. The molecule has 3 aromatic carbocycles. The zero-order valence-corrected chi connectivity index (χ0v) is 18.2. The Morgan fingerprint density at radius 3 is 2.33 bits per heavy atom. The van der Waals surface area contributed by atoms with E-state index in [0.717, 1.165) is 5.56 Å². The fourth-order valence-corrected chi connectivity index (χ4v) is 3.44. The van der Waals surface area contributed by atoms with Gasteiger partial charge >= 0.3 is 0 Å². The molecule has 0 aromatic heterocycles. The third-order valence-electron chi connectivity index (χ3n) is 4.81. The second-order valence-electron chi connectivity index (χ2n) is 7.28. The number of rotatable bonds is 7. The number of carbonyl (C=O) groups is 2. The fraction of sp³-hybridized carbons (Fsp3) is 0.167. The minimum absolute atomic E-state index is 0.0243. The van der Waals surface area contributed by atoms with Crippen molar-refractivity contribution < 1.29 is 23.5 Å². The Bertz CT molecular complexity index is 1170. The molecule has 2 amide bonds. The van der Waals surface area contributed by atoms with Crippen LogP contribution in [0.3, 0.4) is 0 Å². The van der Waals surface area contributed by atoms with Crippen LogP contribution in [0.25, 0.3) is 0 Å². The van der Waals surface area contributed by atoms with E-state index in [1.807, 2.05) is 30.3 Å². The molecule has 1 heterocycles. The first kappa shape index (κ1) is 22.4. The molecule has 0 atom stereocenters. The minimum Gasteiger partial charge on any atom is -0.486 e. The van der Waals surface area contributed by atoms with Gasteiger partial charge in [0.25, 0.3) is 0 Å². The van der Waals surface area contributed by atoms with Gasteiger partial charge in [0.1, 0.15) is 19.0 Å². The summed E-state index contributed by atoms with van der Waals surface area (Å²) in [7, 11) is 0. The lowest BCUT2D eigenvalue weighted by Crippen LogP contribution is -2.22. The van der Waals surface area contributed by atoms with Crippen LogP contribution >= 0.6 is 11.6 Å². The van der Waals surface area contributed by atoms with Gasteiger partial charge in [-0.1, -0.05) is 41.9 Å². The molecule has 9 heteroatoms. The Labute approximate surface area is 194 Å². The minimum atomic E-state index is -0.575. The van der Waals surface area contributed by atoms with Crippen molar-refractivity contribution in [2.24, 2.45) is 0 Å². The number of ether oxygens (including phenoxy) is 2. The van der Waals surface area contributed by atoms with Gasteiger partial charge in [-0.2, -0.15) is 0 Å². The first-order chi connectivity index (χ1) is 16.0. The molecular formula is C24H21ClFN3O4. The number of hydrogen-bond donors (Lipinski definition) is 3. The normalized spacial score (nSPS) is 12.1. The predicted molar refractivity (Wildman–Crippen MR) is 125 cm³/mol. The summed E-state index contributed by atoms with van der Waals surface area (Å²) in [6, 6.07) is 16.5. The van der Waals surface area contributed by atoms with Crippen molar-refractivity contribution in [1.29, 1.82) is 0 Å². The van der Waals surface area contributed by atoms with Gasteiger partial charge in [0.05, 0.1) is 29.4 Å². The third-order valence-corrected chi connectivity index (χ3v) is 5.12. The quantitative estimate of drug-likeness (QED) is 0.474. The number of amides is 2. The summed E-state index contributed by atoms with van der Waals surface area (Å²) in [5.74, 6) is -0.260. The van der Waals surface area contributed by atoms with Gasteiger partial charge < -0.3 is 25.4 Å². The molecule has 33 heavy (non-hydrogen) atoms. The lowest BCUT2D eigenvalue weighted by Gasteiger charge is -2.20. The van der Waals surface area contributed by atoms with Crippen molar-refractivity contribution in [3.05, 3.63) is 77.1 Å². The summed E-state index contributed by atoms with van der Waals surface area (Å²) < 4.78 is 25.1. The van der Waals surface area contributed by atoms with Crippen molar-refractivity contribution in [2.45, 2.75) is 6.42 Å². The van der Waals surface area contributed by atoms with Gasteiger partial charge in [-0.25, -0.2) is 4.39 Å². The average molecular weight is 470 g/mol. The summed E-state index contributed by atoms with van der Waals surface area (Å²) in [5.41, 5.74) is 1.70. The molecule has 4 rings (SSSR count). The van der Waals surface area contributed by atoms with Crippen LogP contribution in [0.15, 0.2) is 60.7 Å². The van der Waals surface area contributed by atoms with Crippen LogP contribution in [-0.4, -0.2) is 31.6 Å². The van der Waals surface area contributed by atoms with Gasteiger partial charge in [-0.05, 0) is 23.8 Å². The monoisotopic (exact) mass is 469 g/mol. The summed E-state index contributed by atoms with van der Waals surface area (Å²) in [6.45, 7) is 0.748. The van der Waals surface area contributed by atoms with Crippen LogP contribution in [-0.2, 0) is 16.0 Å². The van der Waals surface area contributed by atoms with Crippen LogP contribution in [0.2, 0.25) is 5.02 Å². The molecule has 0 bridgehead atoms. The zero-order valence-electron chi connectivity index (χ0n) is 17.5. The Morgan fingerprint density at radius 2 is 1.58 bits per heavy atom. The van der Waals surface area contributed by atoms with Gasteiger partial charge in [0.15, 0.2) is 11.5 Å². The van der Waals surface area contributed by atoms with Crippen LogP contribution in [0, 0.1) is 5.82 Å². The molecule has 1 aliphatic heterocycles. The highest BCUT2D eigenvalue weighted by Gasteiger charge is 2.16. The van der Waals surface area contributed by atoms with E-state index in [9.17, 15) is 14.0 Å². The maximum absolute atomic E-state index is 14.2. The van der Waals surface area contributed by atoms with Crippen LogP contribution in [0.4, 0.5) is 21.5 Å². The molecule has 7 nitrogen and oxygen atoms in total. The lowest BCUT2D eigenvalue weighted by atomic mass is 10.1. The number of halogens is 2. The van der Waals surface area contributed by atoms with E-state index in [4.69, 9.17) is 21.1 Å². The van der Waals surface area contributed by atoms with Gasteiger partial charge in [0.2, 0.25) is 11.8 Å². The second-order valence-corrected chi connectivity index (χ2v) is 7.69. The van der Waals surface area contributed by atoms with E-state index < -0.39 is 5.82 Å². The van der Waals surface area contributed by atoms with Crippen molar-refractivity contribution in [1.82, 2.24) is 0 Å². The number of carbonyl (C=O) groups excluding carboxylic acids is 2. The smallest absolute Gasteiger partial charge is 0.243 e. The van der Waals surface area contributed by atoms with Crippen LogP contribution in [0.5, 0.6) is 11.5 Å². The van der Waals surface area contributed by atoms with Crippen LogP contribution in [0.1, 0.15) is 5.56 Å². The van der Waals surface area contributed by atoms with Crippen LogP contribution < -0.4 is 25.4 Å². The summed E-state index contributed by atoms with van der Waals surface area (Å²) in [4.78, 5) is 24.6. The first-order valence-electron chi connectivity index (χ1n) is 10.2. The number of benzene rings is 3. The molecule has 0 saturated carbocycles. The highest BCUT2D eigenvalue weighted by Crippen LogP contribution is 2.37. The molecule has 0 unspecified atom stereocenters. The largest absolute Gasteiger partial charge is 0.486 e. The summed E-state index contributed by atoms with van der Waals surface area (Å²) in [6.07, 6.45) is 0.122. The standard InChI is InChI=1S/C24H21ClFN3O4/c25-17-12-21-22(33-9-8-32-21)13-19(17)28-24(31)14-27-16-6-7-18(26)20(11-16)29-23(30)10-15-4-2-1-3-5-15/h1-7,11-13,27H,8-10,14H2,(H,28,31)(H,29,30). The van der Waals surface area contributed by atoms with E-state index in [2.05, 4.69) is 16.0 Å². The Kier molecular flexibility index (Phi) is 6.95. The Balaban J connectivity index is 1.35. The van der Waals surface area contributed by atoms with Gasteiger partial charge in [0, 0.05) is 17.8 Å². The summed E-state index contributed by atoms with van der Waals surface area (Å²) in [5, 5.41) is 8.49. The lowest BCUT2D eigenvalue weighted by molar-refractivity contribution is -0.116. The maximum atomic E-state index is 14.2. The molecule has 170 valence electrons. The molecule has 3 N–H and O–H groups in total. The number of nitrogens with one attached hydrogen (secondary N) is 3. The Morgan fingerprint density at radius 1 is 0.879 bits per heavy atom. The highest BCUT2D eigenvalue weighted by atomic mass is 35.5. The van der Waals surface area contributed by atoms with Crippen molar-refractivity contribution >= 4 is 40.5 Å². The SMILES string of the molecule is O=C(Cc1ccccc1)Nc1cc(NCC(=O)Nc2cc3c(cc2Cl)OCCO3)ccc1F. The van der Waals surface area contributed by atoms with E-state index in [0.29, 0.717) is 41.1 Å². The van der Waals surface area contributed by atoms with Gasteiger partial charge in [-0.15, -0.1) is 0 Å². The van der Waals surface area contributed by atoms with E-state index in [-0.39, 0.29) is 30.5 Å². The molecule has 0 aliphatic carbocycles. The molecule has 3 aromatic rings. The van der Waals surface area contributed by atoms with Crippen molar-refractivity contribution in [3.8, 4) is 11.5 Å². The molecule has 1 aliphatic rings. The predicted octanol–water partition coefficient (Wildman–Crippen LogP) is 4.48. The van der Waals surface area contributed by atoms with E-state index in [1.54, 1.807) is 12.1 Å². The van der Waals surface area contributed by atoms with Crippen molar-refractivity contribution in [3.63, 3.8) is 0 Å². The molecule has 0 saturated heterocycles. The molecule has 0 fully saturated rings. The van der Waals surface area contributed by atoms with Crippen molar-refractivity contribution in [2.75, 3.05) is 35.7 Å². The molecule has 0 radical (unpaired) electrons. The highest BCUT2D eigenvalue weighted by molar-refractivity contribution is 6.34. The van der Waals surface area contributed by atoms with E-state index in [1.165, 1.54) is 18.2 Å². The Hall–Kier alpha value is -3.78.